The van der Waals surface area contributed by atoms with Crippen molar-refractivity contribution in [2.24, 2.45) is 0 Å². The third-order valence-electron chi connectivity index (χ3n) is 7.61. The lowest BCUT2D eigenvalue weighted by Gasteiger charge is -2.37. The Kier molecular flexibility index (Phi) is 7.40. The molecule has 0 amide bonds. The maximum absolute atomic E-state index is 12.6. The van der Waals surface area contributed by atoms with Crippen molar-refractivity contribution >= 4 is 40.9 Å². The molecule has 1 saturated heterocycles. The van der Waals surface area contributed by atoms with Gasteiger partial charge in [-0.3, -0.25) is 4.79 Å². The molecule has 0 bridgehead atoms. The molecular formula is C27H38N6O3S. The second-order valence-corrected chi connectivity index (χ2v) is 11.6. The SMILES string of the molecule is CCOC(=O)C1CSc2nc(Nc3ccc(N4CCC(N(C)C)CC4)c(OC)c3)nc(NC3(C)CC3)c21. The van der Waals surface area contributed by atoms with Crippen LogP contribution in [0.15, 0.2) is 23.2 Å². The van der Waals surface area contributed by atoms with Gasteiger partial charge in [0.05, 0.1) is 25.3 Å². The summed E-state index contributed by atoms with van der Waals surface area (Å²) >= 11 is 1.58. The number of nitrogens with zero attached hydrogens (tertiary/aromatic N) is 4. The van der Waals surface area contributed by atoms with E-state index in [4.69, 9.17) is 19.4 Å². The second-order valence-electron chi connectivity index (χ2n) is 10.6. The number of rotatable bonds is 9. The lowest BCUT2D eigenvalue weighted by molar-refractivity contribution is -0.144. The lowest BCUT2D eigenvalue weighted by Crippen LogP contribution is -2.42. The van der Waals surface area contributed by atoms with Gasteiger partial charge < -0.3 is 29.9 Å². The molecule has 10 heteroatoms. The Morgan fingerprint density at radius 1 is 1.24 bits per heavy atom. The van der Waals surface area contributed by atoms with E-state index in [1.165, 1.54) is 0 Å². The number of thioether (sulfide) groups is 1. The highest BCUT2D eigenvalue weighted by Gasteiger charge is 2.41. The number of benzene rings is 1. The molecule has 37 heavy (non-hydrogen) atoms. The minimum absolute atomic E-state index is 0.0107. The predicted octanol–water partition coefficient (Wildman–Crippen LogP) is 4.48. The van der Waals surface area contributed by atoms with Crippen molar-refractivity contribution in [3.63, 3.8) is 0 Å². The van der Waals surface area contributed by atoms with Gasteiger partial charge in [-0.15, -0.1) is 11.8 Å². The zero-order valence-electron chi connectivity index (χ0n) is 22.5. The first-order chi connectivity index (χ1) is 17.8. The van der Waals surface area contributed by atoms with E-state index >= 15 is 0 Å². The minimum Gasteiger partial charge on any atom is -0.495 e. The standard InChI is InChI=1S/C27H38N6O3S/c1-6-36-25(34)19-16-37-24-22(19)23(31-27(2)11-12-27)29-26(30-24)28-17-7-8-20(21(15-17)35-5)33-13-9-18(10-14-33)32(3)4/h7-8,15,18-19H,6,9-14,16H2,1-5H3,(H2,28,29,30,31). The summed E-state index contributed by atoms with van der Waals surface area (Å²) in [6, 6.07) is 6.80. The molecule has 2 aliphatic heterocycles. The van der Waals surface area contributed by atoms with Crippen LogP contribution in [-0.4, -0.2) is 79.1 Å². The summed E-state index contributed by atoms with van der Waals surface area (Å²) in [5.74, 6) is 2.11. The number of aromatic nitrogens is 2. The Bertz CT molecular complexity index is 1150. The average Bonchev–Trinajstić information content (AvgIpc) is 3.44. The Morgan fingerprint density at radius 2 is 2.00 bits per heavy atom. The van der Waals surface area contributed by atoms with E-state index in [0.717, 1.165) is 72.3 Å². The number of carbonyl (C=O) groups excluding carboxylic acids is 1. The molecule has 200 valence electrons. The zero-order chi connectivity index (χ0) is 26.2. The third kappa shape index (κ3) is 5.60. The van der Waals surface area contributed by atoms with Gasteiger partial charge in [-0.2, -0.15) is 4.98 Å². The summed E-state index contributed by atoms with van der Waals surface area (Å²) in [4.78, 5) is 27.0. The highest BCUT2D eigenvalue weighted by molar-refractivity contribution is 7.99. The number of hydrogen-bond acceptors (Lipinski definition) is 10. The van der Waals surface area contributed by atoms with E-state index in [9.17, 15) is 4.79 Å². The van der Waals surface area contributed by atoms with Gasteiger partial charge in [-0.05, 0) is 65.8 Å². The first-order valence-electron chi connectivity index (χ1n) is 13.2. The van der Waals surface area contributed by atoms with Gasteiger partial charge in [-0.25, -0.2) is 4.98 Å². The molecule has 3 aliphatic rings. The Balaban J connectivity index is 1.38. The molecule has 1 saturated carbocycles. The van der Waals surface area contributed by atoms with Crippen molar-refractivity contribution in [2.75, 3.05) is 62.2 Å². The van der Waals surface area contributed by atoms with Crippen molar-refractivity contribution in [2.45, 2.75) is 62.1 Å². The highest BCUT2D eigenvalue weighted by Crippen LogP contribution is 2.46. The molecule has 1 atom stereocenters. The number of carbonyl (C=O) groups is 1. The zero-order valence-corrected chi connectivity index (χ0v) is 23.3. The maximum Gasteiger partial charge on any atom is 0.314 e. The van der Waals surface area contributed by atoms with Crippen LogP contribution in [0.1, 0.15) is 51.0 Å². The van der Waals surface area contributed by atoms with Crippen LogP contribution in [0.25, 0.3) is 0 Å². The van der Waals surface area contributed by atoms with Gasteiger partial charge in [-0.1, -0.05) is 0 Å². The van der Waals surface area contributed by atoms with Crippen LogP contribution in [0, 0.1) is 0 Å². The first kappa shape index (κ1) is 25.9. The van der Waals surface area contributed by atoms with Crippen LogP contribution in [-0.2, 0) is 9.53 Å². The van der Waals surface area contributed by atoms with Crippen molar-refractivity contribution in [3.05, 3.63) is 23.8 Å². The summed E-state index contributed by atoms with van der Waals surface area (Å²) < 4.78 is 11.1. The van der Waals surface area contributed by atoms with Gasteiger partial charge in [0.25, 0.3) is 0 Å². The molecule has 0 radical (unpaired) electrons. The predicted molar refractivity (Wildman–Crippen MR) is 149 cm³/mol. The van der Waals surface area contributed by atoms with E-state index in [1.807, 2.05) is 13.0 Å². The molecule has 2 aromatic rings. The van der Waals surface area contributed by atoms with E-state index in [-0.39, 0.29) is 17.4 Å². The Morgan fingerprint density at radius 3 is 2.65 bits per heavy atom. The van der Waals surface area contributed by atoms with Gasteiger partial charge in [0, 0.05) is 47.7 Å². The monoisotopic (exact) mass is 526 g/mol. The number of hydrogen-bond donors (Lipinski definition) is 2. The third-order valence-corrected chi connectivity index (χ3v) is 8.69. The van der Waals surface area contributed by atoms with Crippen molar-refractivity contribution in [1.82, 2.24) is 14.9 Å². The van der Waals surface area contributed by atoms with E-state index in [1.54, 1.807) is 18.9 Å². The number of methoxy groups -OCH3 is 1. The summed E-state index contributed by atoms with van der Waals surface area (Å²) in [7, 11) is 6.03. The molecule has 1 unspecified atom stereocenters. The number of anilines is 4. The largest absolute Gasteiger partial charge is 0.495 e. The normalized spacial score (nSPS) is 20.5. The van der Waals surface area contributed by atoms with Crippen molar-refractivity contribution in [3.8, 4) is 5.75 Å². The first-order valence-corrected chi connectivity index (χ1v) is 14.1. The molecule has 3 heterocycles. The molecular weight excluding hydrogens is 488 g/mol. The summed E-state index contributed by atoms with van der Waals surface area (Å²) in [6.45, 7) is 6.39. The Labute approximate surface area is 223 Å². The maximum atomic E-state index is 12.6. The van der Waals surface area contributed by atoms with Crippen LogP contribution in [0.2, 0.25) is 0 Å². The molecule has 9 nitrogen and oxygen atoms in total. The van der Waals surface area contributed by atoms with Crippen molar-refractivity contribution < 1.29 is 14.3 Å². The van der Waals surface area contributed by atoms with Gasteiger partial charge in [0.1, 0.15) is 16.6 Å². The lowest BCUT2D eigenvalue weighted by atomic mass is 10.0. The van der Waals surface area contributed by atoms with E-state index in [2.05, 4.69) is 53.6 Å². The fourth-order valence-electron chi connectivity index (χ4n) is 5.07. The molecule has 5 rings (SSSR count). The Hall–Kier alpha value is -2.72. The fourth-order valence-corrected chi connectivity index (χ4v) is 6.24. The van der Waals surface area contributed by atoms with Crippen LogP contribution in [0.3, 0.4) is 0 Å². The summed E-state index contributed by atoms with van der Waals surface area (Å²) in [5.41, 5.74) is 2.84. The van der Waals surface area contributed by atoms with Crippen LogP contribution in [0.5, 0.6) is 5.75 Å². The second kappa shape index (κ2) is 10.6. The van der Waals surface area contributed by atoms with Crippen LogP contribution >= 0.6 is 11.8 Å². The topological polar surface area (TPSA) is 91.9 Å². The number of ether oxygens (including phenoxy) is 2. The molecule has 2 N–H and O–H groups in total. The number of piperidine rings is 1. The number of esters is 1. The smallest absolute Gasteiger partial charge is 0.314 e. The minimum atomic E-state index is -0.352. The molecule has 1 aliphatic carbocycles. The quantitative estimate of drug-likeness (QED) is 0.360. The highest BCUT2D eigenvalue weighted by atomic mass is 32.2. The average molecular weight is 527 g/mol. The summed E-state index contributed by atoms with van der Waals surface area (Å²) in [5, 5.41) is 7.79. The molecule has 2 fully saturated rings. The van der Waals surface area contributed by atoms with E-state index < -0.39 is 0 Å². The van der Waals surface area contributed by atoms with Gasteiger partial charge in [0.15, 0.2) is 0 Å². The van der Waals surface area contributed by atoms with Gasteiger partial charge >= 0.3 is 5.97 Å². The molecule has 1 aromatic carbocycles. The molecule has 0 spiro atoms. The van der Waals surface area contributed by atoms with Crippen molar-refractivity contribution in [1.29, 1.82) is 0 Å². The van der Waals surface area contributed by atoms with Crippen LogP contribution in [0.4, 0.5) is 23.1 Å². The number of fused-ring (bicyclic) bond motifs is 1. The van der Waals surface area contributed by atoms with E-state index in [0.29, 0.717) is 24.3 Å². The fraction of sp³-hybridized carbons (Fsp3) is 0.593. The molecule has 1 aromatic heterocycles. The van der Waals surface area contributed by atoms with Gasteiger partial charge in [0.2, 0.25) is 5.95 Å². The van der Waals surface area contributed by atoms with Crippen LogP contribution < -0.4 is 20.3 Å². The summed E-state index contributed by atoms with van der Waals surface area (Å²) in [6.07, 6.45) is 4.43. The number of nitrogens with one attached hydrogen (secondary N) is 2.